The highest BCUT2D eigenvalue weighted by molar-refractivity contribution is 6.75. The molecule has 0 amide bonds. The van der Waals surface area contributed by atoms with E-state index in [-0.39, 0.29) is 12.4 Å². The summed E-state index contributed by atoms with van der Waals surface area (Å²) in [6.45, 7) is 7.18. The van der Waals surface area contributed by atoms with Gasteiger partial charge in [-0.1, -0.05) is 19.6 Å². The largest absolute Gasteiger partial charge is 0.394 e. The second kappa shape index (κ2) is 5.84. The molecule has 1 N–H and O–H groups in total. The van der Waals surface area contributed by atoms with Crippen molar-refractivity contribution in [1.29, 1.82) is 0 Å². The molecule has 0 radical (unpaired) electrons. The molecule has 2 rings (SSSR count). The predicted octanol–water partition coefficient (Wildman–Crippen LogP) is 2.50. The van der Waals surface area contributed by atoms with E-state index in [9.17, 15) is 4.39 Å². The van der Waals surface area contributed by atoms with Crippen LogP contribution in [0.25, 0.3) is 11.4 Å². The minimum atomic E-state index is -1.30. The predicted molar refractivity (Wildman–Crippen MR) is 79.6 cm³/mol. The molecule has 4 nitrogen and oxygen atoms in total. The van der Waals surface area contributed by atoms with Crippen LogP contribution in [0.5, 0.6) is 0 Å². The fourth-order valence-corrected chi connectivity index (χ4v) is 3.10. The van der Waals surface area contributed by atoms with Crippen molar-refractivity contribution < 1.29 is 9.50 Å². The molecular formula is C14H20FN3OSi. The first kappa shape index (κ1) is 14.9. The van der Waals surface area contributed by atoms with Gasteiger partial charge in [0.25, 0.3) is 0 Å². The van der Waals surface area contributed by atoms with Gasteiger partial charge in [0, 0.05) is 11.6 Å². The van der Waals surface area contributed by atoms with E-state index in [1.165, 1.54) is 12.1 Å². The standard InChI is InChI=1S/C14H20FN3OSi/c1-20(2,3)10-13-16-14(18(17-13)8-9-19)11-4-6-12(15)7-5-11/h4-7,19H,8-10H2,1-3H3. The maximum atomic E-state index is 13.0. The normalized spacial score (nSPS) is 11.8. The molecule has 0 unspecified atom stereocenters. The third kappa shape index (κ3) is 3.74. The van der Waals surface area contributed by atoms with Crippen molar-refractivity contribution in [2.24, 2.45) is 0 Å². The van der Waals surface area contributed by atoms with Gasteiger partial charge in [-0.25, -0.2) is 14.1 Å². The van der Waals surface area contributed by atoms with Crippen LogP contribution in [0.4, 0.5) is 4.39 Å². The molecule has 0 saturated carbocycles. The molecule has 2 aromatic rings. The van der Waals surface area contributed by atoms with Crippen molar-refractivity contribution in [2.45, 2.75) is 32.2 Å². The Morgan fingerprint density at radius 1 is 1.20 bits per heavy atom. The topological polar surface area (TPSA) is 50.9 Å². The molecule has 0 bridgehead atoms. The highest BCUT2D eigenvalue weighted by Crippen LogP contribution is 2.19. The smallest absolute Gasteiger partial charge is 0.158 e. The number of rotatable bonds is 5. The van der Waals surface area contributed by atoms with Gasteiger partial charge in [0.05, 0.1) is 21.2 Å². The second-order valence-corrected chi connectivity index (χ2v) is 11.5. The Morgan fingerprint density at radius 3 is 2.40 bits per heavy atom. The van der Waals surface area contributed by atoms with E-state index in [4.69, 9.17) is 5.11 Å². The van der Waals surface area contributed by atoms with E-state index < -0.39 is 8.07 Å². The molecule has 108 valence electrons. The van der Waals surface area contributed by atoms with E-state index in [1.54, 1.807) is 16.8 Å². The zero-order chi connectivity index (χ0) is 14.8. The molecule has 0 saturated heterocycles. The second-order valence-electron chi connectivity index (χ2n) is 6.04. The van der Waals surface area contributed by atoms with Gasteiger partial charge >= 0.3 is 0 Å². The molecule has 0 fully saturated rings. The molecule has 6 heteroatoms. The number of hydrogen-bond donors (Lipinski definition) is 1. The monoisotopic (exact) mass is 293 g/mol. The van der Waals surface area contributed by atoms with E-state index in [2.05, 4.69) is 29.7 Å². The summed E-state index contributed by atoms with van der Waals surface area (Å²) in [5.41, 5.74) is 0.814. The van der Waals surface area contributed by atoms with E-state index in [0.717, 1.165) is 17.4 Å². The quantitative estimate of drug-likeness (QED) is 0.862. The lowest BCUT2D eigenvalue weighted by atomic mass is 10.2. The zero-order valence-corrected chi connectivity index (χ0v) is 13.1. The fraction of sp³-hybridized carbons (Fsp3) is 0.429. The minimum absolute atomic E-state index is 0.00391. The maximum Gasteiger partial charge on any atom is 0.158 e. The molecule has 0 aliphatic heterocycles. The highest BCUT2D eigenvalue weighted by atomic mass is 28.3. The number of halogens is 1. The summed E-state index contributed by atoms with van der Waals surface area (Å²) in [7, 11) is -1.30. The van der Waals surface area contributed by atoms with Gasteiger partial charge in [-0.15, -0.1) is 0 Å². The molecule has 1 aromatic heterocycles. The van der Waals surface area contributed by atoms with Crippen LogP contribution in [0.1, 0.15) is 5.82 Å². The molecular weight excluding hydrogens is 273 g/mol. The number of aliphatic hydroxyl groups excluding tert-OH is 1. The Balaban J connectivity index is 2.37. The van der Waals surface area contributed by atoms with Gasteiger partial charge in [0.1, 0.15) is 11.6 Å². The number of aromatic nitrogens is 3. The lowest BCUT2D eigenvalue weighted by Gasteiger charge is -2.11. The summed E-state index contributed by atoms with van der Waals surface area (Å²) >= 11 is 0. The Kier molecular flexibility index (Phi) is 4.34. The molecule has 0 aliphatic rings. The van der Waals surface area contributed by atoms with E-state index in [0.29, 0.717) is 12.4 Å². The van der Waals surface area contributed by atoms with Crippen molar-refractivity contribution >= 4 is 8.07 Å². The van der Waals surface area contributed by atoms with Gasteiger partial charge in [-0.2, -0.15) is 5.10 Å². The van der Waals surface area contributed by atoms with Crippen LogP contribution in [0.3, 0.4) is 0 Å². The lowest BCUT2D eigenvalue weighted by molar-refractivity contribution is 0.270. The average Bonchev–Trinajstić information content (AvgIpc) is 2.71. The third-order valence-electron chi connectivity index (χ3n) is 2.82. The van der Waals surface area contributed by atoms with Crippen molar-refractivity contribution in [3.63, 3.8) is 0 Å². The first-order chi connectivity index (χ1) is 9.39. The van der Waals surface area contributed by atoms with Crippen molar-refractivity contribution in [2.75, 3.05) is 6.61 Å². The summed E-state index contributed by atoms with van der Waals surface area (Å²) < 4.78 is 14.7. The summed E-state index contributed by atoms with van der Waals surface area (Å²) in [6, 6.07) is 7.08. The number of nitrogens with zero attached hydrogens (tertiary/aromatic N) is 3. The first-order valence-corrected chi connectivity index (χ1v) is 10.4. The molecule has 0 atom stereocenters. The van der Waals surface area contributed by atoms with Gasteiger partial charge in [-0.3, -0.25) is 0 Å². The molecule has 1 heterocycles. The Morgan fingerprint density at radius 2 is 1.85 bits per heavy atom. The van der Waals surface area contributed by atoms with Crippen molar-refractivity contribution in [3.8, 4) is 11.4 Å². The average molecular weight is 293 g/mol. The van der Waals surface area contributed by atoms with Crippen LogP contribution in [0, 0.1) is 5.82 Å². The SMILES string of the molecule is C[Si](C)(C)Cc1nc(-c2ccc(F)cc2)n(CCO)n1. The van der Waals surface area contributed by atoms with Crippen LogP contribution in [-0.2, 0) is 12.6 Å². The van der Waals surface area contributed by atoms with Crippen LogP contribution < -0.4 is 0 Å². The number of benzene rings is 1. The minimum Gasteiger partial charge on any atom is -0.394 e. The molecule has 0 spiro atoms. The van der Waals surface area contributed by atoms with Crippen LogP contribution >= 0.6 is 0 Å². The zero-order valence-electron chi connectivity index (χ0n) is 12.1. The van der Waals surface area contributed by atoms with Gasteiger partial charge in [-0.05, 0) is 24.3 Å². The third-order valence-corrected chi connectivity index (χ3v) is 4.20. The van der Waals surface area contributed by atoms with Crippen molar-refractivity contribution in [1.82, 2.24) is 14.8 Å². The molecule has 20 heavy (non-hydrogen) atoms. The van der Waals surface area contributed by atoms with Crippen LogP contribution in [-0.4, -0.2) is 34.6 Å². The Labute approximate surface area is 119 Å². The maximum absolute atomic E-state index is 13.0. The van der Waals surface area contributed by atoms with Crippen molar-refractivity contribution in [3.05, 3.63) is 35.9 Å². The lowest BCUT2D eigenvalue weighted by Crippen LogP contribution is -2.24. The summed E-state index contributed by atoms with van der Waals surface area (Å²) in [6.07, 6.45) is 0. The van der Waals surface area contributed by atoms with E-state index in [1.807, 2.05) is 0 Å². The summed E-state index contributed by atoms with van der Waals surface area (Å²) in [4.78, 5) is 4.57. The molecule has 0 aliphatic carbocycles. The Bertz CT molecular complexity index is 575. The van der Waals surface area contributed by atoms with Gasteiger partial charge in [0.15, 0.2) is 5.82 Å². The molecule has 1 aromatic carbocycles. The Hall–Kier alpha value is -1.53. The summed E-state index contributed by atoms with van der Waals surface area (Å²) in [5.74, 6) is 1.22. The summed E-state index contributed by atoms with van der Waals surface area (Å²) in [5, 5.41) is 13.6. The highest BCUT2D eigenvalue weighted by Gasteiger charge is 2.19. The number of aliphatic hydroxyl groups is 1. The fourth-order valence-electron chi connectivity index (χ4n) is 2.00. The van der Waals surface area contributed by atoms with Crippen LogP contribution in [0.15, 0.2) is 24.3 Å². The van der Waals surface area contributed by atoms with Crippen LogP contribution in [0.2, 0.25) is 19.6 Å². The van der Waals surface area contributed by atoms with E-state index >= 15 is 0 Å². The van der Waals surface area contributed by atoms with Gasteiger partial charge < -0.3 is 5.11 Å². The first-order valence-electron chi connectivity index (χ1n) is 6.69. The van der Waals surface area contributed by atoms with Gasteiger partial charge in [0.2, 0.25) is 0 Å². The number of hydrogen-bond acceptors (Lipinski definition) is 3.